The number of carbonyl (C=O) groups excluding carboxylic acids is 1. The largest absolute Gasteiger partial charge is 0.268 e. The molecule has 2 aromatic carbocycles. The summed E-state index contributed by atoms with van der Waals surface area (Å²) in [6, 6.07) is 11.7. The lowest BCUT2D eigenvalue weighted by atomic mass is 10.1. The highest BCUT2D eigenvalue weighted by Crippen LogP contribution is 2.30. The third kappa shape index (κ3) is 3.12. The van der Waals surface area contributed by atoms with Crippen molar-refractivity contribution in [2.45, 2.75) is 6.92 Å². The van der Waals surface area contributed by atoms with Gasteiger partial charge in [0.2, 0.25) is 0 Å². The van der Waals surface area contributed by atoms with E-state index < -0.39 is 17.5 Å². The van der Waals surface area contributed by atoms with Crippen LogP contribution in [0.2, 0.25) is 0 Å². The summed E-state index contributed by atoms with van der Waals surface area (Å²) in [6.07, 6.45) is 0. The van der Waals surface area contributed by atoms with Gasteiger partial charge in [0.05, 0.1) is 16.9 Å². The number of aromatic nitrogens is 1. The fourth-order valence-corrected chi connectivity index (χ4v) is 2.94. The summed E-state index contributed by atoms with van der Waals surface area (Å²) in [6.45, 7) is 1.81. The van der Waals surface area contributed by atoms with Crippen LogP contribution in [0.15, 0.2) is 53.9 Å². The molecule has 1 aromatic heterocycles. The molecule has 0 spiro atoms. The van der Waals surface area contributed by atoms with Crippen LogP contribution >= 0.6 is 11.3 Å². The number of carbonyl (C=O) groups is 1. The lowest BCUT2D eigenvalue weighted by Gasteiger charge is -2.20. The van der Waals surface area contributed by atoms with E-state index >= 15 is 0 Å². The lowest BCUT2D eigenvalue weighted by molar-refractivity contribution is 0.0995. The number of amides is 1. The van der Waals surface area contributed by atoms with Gasteiger partial charge in [0.15, 0.2) is 5.13 Å². The van der Waals surface area contributed by atoms with E-state index in [0.29, 0.717) is 16.9 Å². The number of hydrogen-bond acceptors (Lipinski definition) is 3. The second kappa shape index (κ2) is 6.26. The van der Waals surface area contributed by atoms with Crippen molar-refractivity contribution in [1.29, 1.82) is 0 Å². The fraction of sp³-hybridized carbons (Fsp3) is 0.0588. The minimum absolute atomic E-state index is 0.205. The Kier molecular flexibility index (Phi) is 4.16. The molecule has 0 bridgehead atoms. The molecule has 0 saturated heterocycles. The van der Waals surface area contributed by atoms with Crippen molar-refractivity contribution >= 4 is 28.1 Å². The summed E-state index contributed by atoms with van der Waals surface area (Å²) in [7, 11) is 0. The number of halogens is 2. The first-order valence-corrected chi connectivity index (χ1v) is 7.71. The molecule has 3 aromatic rings. The van der Waals surface area contributed by atoms with Crippen LogP contribution < -0.4 is 4.90 Å². The van der Waals surface area contributed by atoms with Crippen LogP contribution in [0.3, 0.4) is 0 Å². The van der Waals surface area contributed by atoms with Crippen molar-refractivity contribution in [3.8, 4) is 0 Å². The van der Waals surface area contributed by atoms with Crippen LogP contribution in [0, 0.1) is 18.6 Å². The number of nitrogens with zero attached hydrogens (tertiary/aromatic N) is 2. The highest BCUT2D eigenvalue weighted by molar-refractivity contribution is 7.14. The molecule has 0 radical (unpaired) electrons. The van der Waals surface area contributed by atoms with Gasteiger partial charge in [-0.25, -0.2) is 13.8 Å². The maximum absolute atomic E-state index is 14.0. The molecule has 0 atom stereocenters. The molecule has 0 unspecified atom stereocenters. The Balaban J connectivity index is 2.10. The van der Waals surface area contributed by atoms with Crippen molar-refractivity contribution < 1.29 is 13.6 Å². The van der Waals surface area contributed by atoms with E-state index in [1.54, 1.807) is 29.6 Å². The van der Waals surface area contributed by atoms with Crippen LogP contribution in [0.25, 0.3) is 0 Å². The van der Waals surface area contributed by atoms with Crippen LogP contribution in [-0.2, 0) is 0 Å². The molecule has 1 amide bonds. The highest BCUT2D eigenvalue weighted by Gasteiger charge is 2.24. The zero-order valence-corrected chi connectivity index (χ0v) is 13.0. The van der Waals surface area contributed by atoms with Crippen LogP contribution in [0.1, 0.15) is 16.1 Å². The van der Waals surface area contributed by atoms with Crippen molar-refractivity contribution in [3.05, 3.63) is 76.8 Å². The van der Waals surface area contributed by atoms with Gasteiger partial charge in [0, 0.05) is 11.4 Å². The monoisotopic (exact) mass is 330 g/mol. The first-order valence-electron chi connectivity index (χ1n) is 6.83. The quantitative estimate of drug-likeness (QED) is 0.697. The molecular formula is C17H12F2N2OS. The average Bonchev–Trinajstić information content (AvgIpc) is 2.94. The van der Waals surface area contributed by atoms with Crippen LogP contribution in [0.5, 0.6) is 0 Å². The summed E-state index contributed by atoms with van der Waals surface area (Å²) in [5.74, 6) is -2.22. The van der Waals surface area contributed by atoms with Gasteiger partial charge >= 0.3 is 0 Å². The minimum atomic E-state index is -0.899. The molecule has 0 fully saturated rings. The standard InChI is InChI=1S/C17H12F2N2OS/c1-11-10-23-17(20-11)21(13-5-3-2-4-6-13)16(22)14-8-7-12(18)9-15(14)19/h2-10H,1H3. The van der Waals surface area contributed by atoms with Gasteiger partial charge in [-0.3, -0.25) is 9.69 Å². The molecule has 0 aliphatic rings. The van der Waals surface area contributed by atoms with E-state index in [2.05, 4.69) is 4.98 Å². The third-order valence-electron chi connectivity index (χ3n) is 3.18. The summed E-state index contributed by atoms with van der Waals surface area (Å²) in [4.78, 5) is 18.5. The predicted molar refractivity (Wildman–Crippen MR) is 86.1 cm³/mol. The molecule has 0 aliphatic heterocycles. The van der Waals surface area contributed by atoms with Gasteiger partial charge in [-0.1, -0.05) is 18.2 Å². The summed E-state index contributed by atoms with van der Waals surface area (Å²) < 4.78 is 27.1. The molecule has 6 heteroatoms. The van der Waals surface area contributed by atoms with Gasteiger partial charge in [-0.15, -0.1) is 11.3 Å². The highest BCUT2D eigenvalue weighted by atomic mass is 32.1. The average molecular weight is 330 g/mol. The molecule has 3 nitrogen and oxygen atoms in total. The second-order valence-corrected chi connectivity index (χ2v) is 5.71. The molecule has 3 rings (SSSR count). The second-order valence-electron chi connectivity index (χ2n) is 4.87. The summed E-state index contributed by atoms with van der Waals surface area (Å²) in [5, 5.41) is 2.24. The normalized spacial score (nSPS) is 10.6. The number of rotatable bonds is 3. The van der Waals surface area contributed by atoms with E-state index in [1.165, 1.54) is 16.2 Å². The number of para-hydroxylation sites is 1. The predicted octanol–water partition coefficient (Wildman–Crippen LogP) is 4.71. The molecule has 0 N–H and O–H groups in total. The van der Waals surface area contributed by atoms with E-state index in [-0.39, 0.29) is 5.56 Å². The van der Waals surface area contributed by atoms with Crippen molar-refractivity contribution in [2.24, 2.45) is 0 Å². The maximum atomic E-state index is 14.0. The minimum Gasteiger partial charge on any atom is -0.268 e. The van der Waals surface area contributed by atoms with Crippen molar-refractivity contribution in [3.63, 3.8) is 0 Å². The van der Waals surface area contributed by atoms with Gasteiger partial charge in [-0.05, 0) is 31.2 Å². The number of aryl methyl sites for hydroxylation is 1. The topological polar surface area (TPSA) is 33.2 Å². The van der Waals surface area contributed by atoms with E-state index in [1.807, 2.05) is 13.0 Å². The van der Waals surface area contributed by atoms with E-state index in [0.717, 1.165) is 17.8 Å². The molecule has 0 saturated carbocycles. The van der Waals surface area contributed by atoms with Crippen LogP contribution in [-0.4, -0.2) is 10.9 Å². The fourth-order valence-electron chi connectivity index (χ4n) is 2.12. The first-order chi connectivity index (χ1) is 11.1. The molecule has 1 heterocycles. The van der Waals surface area contributed by atoms with Crippen LogP contribution in [0.4, 0.5) is 19.6 Å². The number of thiazole rings is 1. The summed E-state index contributed by atoms with van der Waals surface area (Å²) in [5.41, 5.74) is 1.12. The van der Waals surface area contributed by atoms with E-state index in [4.69, 9.17) is 0 Å². The van der Waals surface area contributed by atoms with Gasteiger partial charge in [0.1, 0.15) is 11.6 Å². The van der Waals surface area contributed by atoms with Gasteiger partial charge in [-0.2, -0.15) is 0 Å². The Morgan fingerprint density at radius 2 is 1.87 bits per heavy atom. The first kappa shape index (κ1) is 15.3. The number of benzene rings is 2. The van der Waals surface area contributed by atoms with Gasteiger partial charge in [0.25, 0.3) is 5.91 Å². The molecule has 0 aliphatic carbocycles. The third-order valence-corrected chi connectivity index (χ3v) is 4.12. The zero-order chi connectivity index (χ0) is 16.4. The Hall–Kier alpha value is -2.60. The van der Waals surface area contributed by atoms with Crippen molar-refractivity contribution in [1.82, 2.24) is 4.98 Å². The number of anilines is 2. The number of hydrogen-bond donors (Lipinski definition) is 0. The molecule has 116 valence electrons. The summed E-state index contributed by atoms with van der Waals surface area (Å²) >= 11 is 1.28. The van der Waals surface area contributed by atoms with Crippen molar-refractivity contribution in [2.75, 3.05) is 4.90 Å². The Morgan fingerprint density at radius 1 is 1.13 bits per heavy atom. The Bertz CT molecular complexity index is 849. The smallest absolute Gasteiger partial charge is 0.267 e. The molecule has 23 heavy (non-hydrogen) atoms. The lowest BCUT2D eigenvalue weighted by Crippen LogP contribution is -2.26. The maximum Gasteiger partial charge on any atom is 0.267 e. The molecular weight excluding hydrogens is 318 g/mol. The van der Waals surface area contributed by atoms with Gasteiger partial charge < -0.3 is 0 Å². The Morgan fingerprint density at radius 3 is 2.48 bits per heavy atom. The SMILES string of the molecule is Cc1csc(N(C(=O)c2ccc(F)cc2F)c2ccccc2)n1. The zero-order valence-electron chi connectivity index (χ0n) is 12.2. The Labute approximate surface area is 135 Å². The van der Waals surface area contributed by atoms with E-state index in [9.17, 15) is 13.6 Å².